The third-order valence-corrected chi connectivity index (χ3v) is 4.68. The first-order valence-electron chi connectivity index (χ1n) is 9.01. The van der Waals surface area contributed by atoms with Gasteiger partial charge in [-0.2, -0.15) is 0 Å². The van der Waals surface area contributed by atoms with Gasteiger partial charge in [0, 0.05) is 23.7 Å². The fraction of sp³-hybridized carbons (Fsp3) is 0.333. The molecule has 0 saturated carbocycles. The second-order valence-corrected chi connectivity index (χ2v) is 6.61. The zero-order chi connectivity index (χ0) is 19.8. The molecule has 0 bridgehead atoms. The SMILES string of the molecule is CCNC(=O)[C@H](CC)N(Cc1ccccc1)C(=O)Cc1c(F)cccc1Cl. The van der Waals surface area contributed by atoms with Crippen molar-refractivity contribution in [3.63, 3.8) is 0 Å². The Balaban J connectivity index is 2.32. The maximum Gasteiger partial charge on any atom is 0.242 e. The molecule has 1 N–H and O–H groups in total. The minimum atomic E-state index is -0.636. The standard InChI is InChI=1S/C21H24ClFN2O2/c1-3-19(21(27)24-4-2)25(14-15-9-6-5-7-10-15)20(26)13-16-17(22)11-8-12-18(16)23/h5-12,19H,3-4,13-14H2,1-2H3,(H,24,27)/t19-/m0/s1. The molecular weight excluding hydrogens is 367 g/mol. The van der Waals surface area contributed by atoms with Crippen molar-refractivity contribution in [2.24, 2.45) is 0 Å². The van der Waals surface area contributed by atoms with Gasteiger partial charge in [-0.25, -0.2) is 4.39 Å². The van der Waals surface area contributed by atoms with Crippen molar-refractivity contribution in [3.8, 4) is 0 Å². The summed E-state index contributed by atoms with van der Waals surface area (Å²) in [4.78, 5) is 27.0. The minimum Gasteiger partial charge on any atom is -0.355 e. The maximum atomic E-state index is 14.1. The van der Waals surface area contributed by atoms with Crippen molar-refractivity contribution in [3.05, 3.63) is 70.5 Å². The van der Waals surface area contributed by atoms with Gasteiger partial charge >= 0.3 is 0 Å². The number of rotatable bonds is 8. The fourth-order valence-corrected chi connectivity index (χ4v) is 3.18. The summed E-state index contributed by atoms with van der Waals surface area (Å²) >= 11 is 6.07. The molecule has 0 saturated heterocycles. The Morgan fingerprint density at radius 3 is 2.41 bits per heavy atom. The van der Waals surface area contributed by atoms with Crippen molar-refractivity contribution < 1.29 is 14.0 Å². The summed E-state index contributed by atoms with van der Waals surface area (Å²) in [5, 5.41) is 2.97. The number of nitrogens with zero attached hydrogens (tertiary/aromatic N) is 1. The molecule has 0 spiro atoms. The molecule has 0 radical (unpaired) electrons. The number of amides is 2. The van der Waals surface area contributed by atoms with Gasteiger partial charge in [-0.05, 0) is 31.0 Å². The Labute approximate surface area is 164 Å². The molecule has 0 aliphatic heterocycles. The highest BCUT2D eigenvalue weighted by atomic mass is 35.5. The molecule has 0 aliphatic carbocycles. The highest BCUT2D eigenvalue weighted by Gasteiger charge is 2.29. The van der Waals surface area contributed by atoms with Gasteiger partial charge in [-0.1, -0.05) is 54.9 Å². The van der Waals surface area contributed by atoms with Crippen LogP contribution < -0.4 is 5.32 Å². The Bertz CT molecular complexity index is 763. The van der Waals surface area contributed by atoms with E-state index in [-0.39, 0.29) is 35.4 Å². The smallest absolute Gasteiger partial charge is 0.242 e. The van der Waals surface area contributed by atoms with Gasteiger partial charge in [0.2, 0.25) is 11.8 Å². The topological polar surface area (TPSA) is 49.4 Å². The molecule has 1 atom stereocenters. The van der Waals surface area contributed by atoms with Crippen LogP contribution in [0.5, 0.6) is 0 Å². The molecule has 2 aromatic rings. The lowest BCUT2D eigenvalue weighted by molar-refractivity contribution is -0.140. The largest absolute Gasteiger partial charge is 0.355 e. The number of carbonyl (C=O) groups is 2. The summed E-state index contributed by atoms with van der Waals surface area (Å²) < 4.78 is 14.1. The highest BCUT2D eigenvalue weighted by molar-refractivity contribution is 6.31. The first-order chi connectivity index (χ1) is 13.0. The van der Waals surface area contributed by atoms with Crippen LogP contribution in [0.1, 0.15) is 31.4 Å². The summed E-state index contributed by atoms with van der Waals surface area (Å²) in [6, 6.07) is 13.1. The molecule has 0 unspecified atom stereocenters. The third-order valence-electron chi connectivity index (χ3n) is 4.32. The quantitative estimate of drug-likeness (QED) is 0.741. The second kappa shape index (κ2) is 10.1. The van der Waals surface area contributed by atoms with Crippen LogP contribution in [0.2, 0.25) is 5.02 Å². The number of benzene rings is 2. The van der Waals surface area contributed by atoms with Gasteiger partial charge in [0.1, 0.15) is 11.9 Å². The molecule has 27 heavy (non-hydrogen) atoms. The van der Waals surface area contributed by atoms with Crippen LogP contribution in [0.25, 0.3) is 0 Å². The van der Waals surface area contributed by atoms with E-state index in [2.05, 4.69) is 5.32 Å². The number of halogens is 2. The van der Waals surface area contributed by atoms with Crippen LogP contribution >= 0.6 is 11.6 Å². The highest BCUT2D eigenvalue weighted by Crippen LogP contribution is 2.22. The van der Waals surface area contributed by atoms with Crippen molar-refractivity contribution in [2.75, 3.05) is 6.54 Å². The Hall–Kier alpha value is -2.40. The van der Waals surface area contributed by atoms with Crippen LogP contribution in [0.4, 0.5) is 4.39 Å². The first kappa shape index (κ1) is 20.9. The van der Waals surface area contributed by atoms with Crippen molar-refractivity contribution >= 4 is 23.4 Å². The van der Waals surface area contributed by atoms with Crippen molar-refractivity contribution in [1.29, 1.82) is 0 Å². The van der Waals surface area contributed by atoms with E-state index >= 15 is 0 Å². The summed E-state index contributed by atoms with van der Waals surface area (Å²) in [5.74, 6) is -1.09. The number of hydrogen-bond acceptors (Lipinski definition) is 2. The van der Waals surface area contributed by atoms with E-state index in [1.165, 1.54) is 17.0 Å². The monoisotopic (exact) mass is 390 g/mol. The van der Waals surface area contributed by atoms with Crippen LogP contribution in [0.15, 0.2) is 48.5 Å². The lowest BCUT2D eigenvalue weighted by Gasteiger charge is -2.30. The molecule has 4 nitrogen and oxygen atoms in total. The van der Waals surface area contributed by atoms with Crippen LogP contribution in [-0.2, 0) is 22.6 Å². The second-order valence-electron chi connectivity index (χ2n) is 6.20. The molecule has 2 aromatic carbocycles. The number of likely N-dealkylation sites (N-methyl/N-ethyl adjacent to an activating group) is 1. The predicted molar refractivity (Wildman–Crippen MR) is 105 cm³/mol. The van der Waals surface area contributed by atoms with E-state index in [1.54, 1.807) is 6.07 Å². The van der Waals surface area contributed by atoms with E-state index < -0.39 is 11.9 Å². The average molecular weight is 391 g/mol. The lowest BCUT2D eigenvalue weighted by atomic mass is 10.1. The summed E-state index contributed by atoms with van der Waals surface area (Å²) in [6.45, 7) is 4.41. The van der Waals surface area contributed by atoms with Crippen LogP contribution in [0, 0.1) is 5.82 Å². The van der Waals surface area contributed by atoms with Crippen molar-refractivity contribution in [1.82, 2.24) is 10.2 Å². The fourth-order valence-electron chi connectivity index (χ4n) is 2.95. The van der Waals surface area contributed by atoms with E-state index in [1.807, 2.05) is 44.2 Å². The number of carbonyl (C=O) groups excluding carboxylic acids is 2. The molecule has 144 valence electrons. The normalized spacial score (nSPS) is 11.7. The molecule has 0 aliphatic rings. The van der Waals surface area contributed by atoms with E-state index in [4.69, 9.17) is 11.6 Å². The van der Waals surface area contributed by atoms with Gasteiger partial charge in [0.05, 0.1) is 6.42 Å². The molecule has 0 heterocycles. The summed E-state index contributed by atoms with van der Waals surface area (Å²) in [6.07, 6.45) is 0.254. The minimum absolute atomic E-state index is 0.146. The zero-order valence-corrected chi connectivity index (χ0v) is 16.3. The Morgan fingerprint density at radius 2 is 1.81 bits per heavy atom. The zero-order valence-electron chi connectivity index (χ0n) is 15.5. The van der Waals surface area contributed by atoms with E-state index in [0.29, 0.717) is 13.0 Å². The van der Waals surface area contributed by atoms with E-state index in [0.717, 1.165) is 5.56 Å². The molecule has 0 aromatic heterocycles. The lowest BCUT2D eigenvalue weighted by Crippen LogP contribution is -2.49. The van der Waals surface area contributed by atoms with E-state index in [9.17, 15) is 14.0 Å². The molecule has 0 fully saturated rings. The molecule has 6 heteroatoms. The van der Waals surface area contributed by atoms with Crippen LogP contribution in [-0.4, -0.2) is 29.3 Å². The van der Waals surface area contributed by atoms with Gasteiger partial charge < -0.3 is 10.2 Å². The molecule has 2 amide bonds. The van der Waals surface area contributed by atoms with Crippen molar-refractivity contribution in [2.45, 2.75) is 39.3 Å². The summed E-state index contributed by atoms with van der Waals surface area (Å²) in [7, 11) is 0. The summed E-state index contributed by atoms with van der Waals surface area (Å²) in [5.41, 5.74) is 1.04. The first-order valence-corrected chi connectivity index (χ1v) is 9.39. The van der Waals surface area contributed by atoms with Gasteiger partial charge in [-0.15, -0.1) is 0 Å². The molecular formula is C21H24ClFN2O2. The van der Waals surface area contributed by atoms with Crippen LogP contribution in [0.3, 0.4) is 0 Å². The van der Waals surface area contributed by atoms with Gasteiger partial charge in [0.15, 0.2) is 0 Å². The predicted octanol–water partition coefficient (Wildman–Crippen LogP) is 3.97. The van der Waals surface area contributed by atoms with Gasteiger partial charge in [-0.3, -0.25) is 9.59 Å². The Morgan fingerprint density at radius 1 is 1.11 bits per heavy atom. The Kier molecular flexibility index (Phi) is 7.80. The average Bonchev–Trinajstić information content (AvgIpc) is 2.65. The number of hydrogen-bond donors (Lipinski definition) is 1. The van der Waals surface area contributed by atoms with Gasteiger partial charge in [0.25, 0.3) is 0 Å². The maximum absolute atomic E-state index is 14.1. The molecule has 2 rings (SSSR count). The number of nitrogens with one attached hydrogen (secondary N) is 1. The third kappa shape index (κ3) is 5.54.